The van der Waals surface area contributed by atoms with Crippen LogP contribution in [0.1, 0.15) is 23.2 Å². The van der Waals surface area contributed by atoms with Crippen molar-refractivity contribution in [3.63, 3.8) is 0 Å². The molecule has 1 saturated heterocycles. The second kappa shape index (κ2) is 5.27. The Morgan fingerprint density at radius 1 is 1.50 bits per heavy atom. The molecule has 0 bridgehead atoms. The van der Waals surface area contributed by atoms with Gasteiger partial charge < -0.3 is 21.1 Å². The molecular weight excluding hydrogens is 230 g/mol. The largest absolute Gasteiger partial charge is 0.399 e. The van der Waals surface area contributed by atoms with E-state index in [-0.39, 0.29) is 6.10 Å². The Morgan fingerprint density at radius 3 is 2.94 bits per heavy atom. The minimum Gasteiger partial charge on any atom is -0.399 e. The van der Waals surface area contributed by atoms with Crippen molar-refractivity contribution in [3.8, 4) is 0 Å². The first kappa shape index (κ1) is 12.7. The second-order valence-electron chi connectivity index (χ2n) is 4.59. The summed E-state index contributed by atoms with van der Waals surface area (Å²) in [5.74, 6) is -0.426. The highest BCUT2D eigenvalue weighted by molar-refractivity contribution is 5.99. The summed E-state index contributed by atoms with van der Waals surface area (Å²) < 4.78 is 5.38. The number of hydrogen-bond acceptors (Lipinski definition) is 4. The molecule has 1 atom stereocenters. The van der Waals surface area contributed by atoms with Crippen LogP contribution >= 0.6 is 0 Å². The quantitative estimate of drug-likeness (QED) is 0.782. The first-order valence-electron chi connectivity index (χ1n) is 6.09. The number of ether oxygens (including phenoxy) is 1. The monoisotopic (exact) mass is 249 g/mol. The van der Waals surface area contributed by atoms with Gasteiger partial charge in [0, 0.05) is 25.9 Å². The van der Waals surface area contributed by atoms with Gasteiger partial charge >= 0.3 is 0 Å². The van der Waals surface area contributed by atoms with E-state index in [1.807, 2.05) is 0 Å². The molecular formula is C13H19N3O2. The van der Waals surface area contributed by atoms with Crippen LogP contribution in [0.15, 0.2) is 18.2 Å². The molecule has 1 aliphatic rings. The lowest BCUT2D eigenvalue weighted by atomic mass is 10.0. The summed E-state index contributed by atoms with van der Waals surface area (Å²) in [7, 11) is 1.71. The molecule has 1 unspecified atom stereocenters. The van der Waals surface area contributed by atoms with Gasteiger partial charge in [-0.15, -0.1) is 0 Å². The van der Waals surface area contributed by atoms with E-state index >= 15 is 0 Å². The number of methoxy groups -OCH3 is 1. The fourth-order valence-electron chi connectivity index (χ4n) is 2.37. The summed E-state index contributed by atoms with van der Waals surface area (Å²) >= 11 is 0. The van der Waals surface area contributed by atoms with Gasteiger partial charge in [-0.25, -0.2) is 0 Å². The minimum absolute atomic E-state index is 0.195. The zero-order chi connectivity index (χ0) is 13.1. The average molecular weight is 249 g/mol. The van der Waals surface area contributed by atoms with E-state index in [4.69, 9.17) is 16.2 Å². The molecule has 0 aromatic heterocycles. The summed E-state index contributed by atoms with van der Waals surface area (Å²) in [6, 6.07) is 5.18. The van der Waals surface area contributed by atoms with Crippen molar-refractivity contribution in [2.75, 3.05) is 30.8 Å². The van der Waals surface area contributed by atoms with Crippen LogP contribution in [0.3, 0.4) is 0 Å². The molecule has 4 N–H and O–H groups in total. The van der Waals surface area contributed by atoms with Crippen molar-refractivity contribution < 1.29 is 9.53 Å². The van der Waals surface area contributed by atoms with Gasteiger partial charge in [0.25, 0.3) is 5.91 Å². The van der Waals surface area contributed by atoms with Gasteiger partial charge in [0.2, 0.25) is 0 Å². The van der Waals surface area contributed by atoms with Crippen LogP contribution in [0, 0.1) is 0 Å². The SMILES string of the molecule is COC1CCCN(c2cc(N)ccc2C(N)=O)C1. The van der Waals surface area contributed by atoms with Crippen LogP contribution in [0.25, 0.3) is 0 Å². The summed E-state index contributed by atoms with van der Waals surface area (Å²) in [6.07, 6.45) is 2.27. The molecule has 0 saturated carbocycles. The van der Waals surface area contributed by atoms with Gasteiger partial charge in [-0.1, -0.05) is 0 Å². The number of carbonyl (C=O) groups excluding carboxylic acids is 1. The standard InChI is InChI=1S/C13H19N3O2/c1-18-10-3-2-6-16(8-10)12-7-9(14)4-5-11(12)13(15)17/h4-5,7,10H,2-3,6,8,14H2,1H3,(H2,15,17). The molecule has 0 spiro atoms. The summed E-state index contributed by atoms with van der Waals surface area (Å²) in [4.78, 5) is 13.6. The van der Waals surface area contributed by atoms with E-state index < -0.39 is 5.91 Å². The smallest absolute Gasteiger partial charge is 0.250 e. The average Bonchev–Trinajstić information content (AvgIpc) is 2.38. The van der Waals surface area contributed by atoms with Gasteiger partial charge in [-0.2, -0.15) is 0 Å². The number of nitrogens with zero attached hydrogens (tertiary/aromatic N) is 1. The van der Waals surface area contributed by atoms with Crippen molar-refractivity contribution in [2.45, 2.75) is 18.9 Å². The third kappa shape index (κ3) is 2.56. The fraction of sp³-hybridized carbons (Fsp3) is 0.462. The first-order chi connectivity index (χ1) is 8.61. The molecule has 0 aliphatic carbocycles. The molecule has 18 heavy (non-hydrogen) atoms. The van der Waals surface area contributed by atoms with Crippen LogP contribution in [-0.4, -0.2) is 32.2 Å². The maximum Gasteiger partial charge on any atom is 0.250 e. The molecule has 1 amide bonds. The predicted molar refractivity (Wildman–Crippen MR) is 71.6 cm³/mol. The number of carbonyl (C=O) groups is 1. The van der Waals surface area contributed by atoms with Gasteiger partial charge in [-0.05, 0) is 31.0 Å². The summed E-state index contributed by atoms with van der Waals surface area (Å²) in [6.45, 7) is 1.66. The molecule has 5 nitrogen and oxygen atoms in total. The minimum atomic E-state index is -0.426. The third-order valence-electron chi connectivity index (χ3n) is 3.34. The van der Waals surface area contributed by atoms with Crippen molar-refractivity contribution >= 4 is 17.3 Å². The molecule has 5 heteroatoms. The summed E-state index contributed by atoms with van der Waals surface area (Å²) in [5, 5.41) is 0. The number of anilines is 2. The molecule has 98 valence electrons. The van der Waals surface area contributed by atoms with Crippen LogP contribution in [-0.2, 0) is 4.74 Å². The number of piperidine rings is 1. The van der Waals surface area contributed by atoms with Crippen LogP contribution in [0.5, 0.6) is 0 Å². The Balaban J connectivity index is 2.31. The Labute approximate surface area is 107 Å². The predicted octanol–water partition coefficient (Wildman–Crippen LogP) is 0.983. The molecule has 1 aromatic rings. The van der Waals surface area contributed by atoms with E-state index in [9.17, 15) is 4.79 Å². The topological polar surface area (TPSA) is 81.6 Å². The lowest BCUT2D eigenvalue weighted by Crippen LogP contribution is -2.40. The highest BCUT2D eigenvalue weighted by Gasteiger charge is 2.22. The second-order valence-corrected chi connectivity index (χ2v) is 4.59. The van der Waals surface area contributed by atoms with Gasteiger partial charge in [0.1, 0.15) is 0 Å². The zero-order valence-corrected chi connectivity index (χ0v) is 10.6. The number of nitrogens with two attached hydrogens (primary N) is 2. The molecule has 1 aromatic carbocycles. The Bertz CT molecular complexity index is 448. The molecule has 2 rings (SSSR count). The lowest BCUT2D eigenvalue weighted by Gasteiger charge is -2.34. The number of amides is 1. The first-order valence-corrected chi connectivity index (χ1v) is 6.09. The van der Waals surface area contributed by atoms with E-state index in [0.717, 1.165) is 31.6 Å². The van der Waals surface area contributed by atoms with E-state index in [0.29, 0.717) is 11.3 Å². The maximum atomic E-state index is 11.5. The van der Waals surface area contributed by atoms with E-state index in [2.05, 4.69) is 4.90 Å². The van der Waals surface area contributed by atoms with E-state index in [1.54, 1.807) is 25.3 Å². The molecule has 1 heterocycles. The van der Waals surface area contributed by atoms with E-state index in [1.165, 1.54) is 0 Å². The van der Waals surface area contributed by atoms with Crippen LogP contribution in [0.2, 0.25) is 0 Å². The zero-order valence-electron chi connectivity index (χ0n) is 10.6. The number of nitrogen functional groups attached to an aromatic ring is 1. The Kier molecular flexibility index (Phi) is 3.72. The van der Waals surface area contributed by atoms with Gasteiger partial charge in [0.05, 0.1) is 17.4 Å². The van der Waals surface area contributed by atoms with Crippen molar-refractivity contribution in [3.05, 3.63) is 23.8 Å². The van der Waals surface area contributed by atoms with Crippen molar-refractivity contribution in [1.82, 2.24) is 0 Å². The van der Waals surface area contributed by atoms with Crippen molar-refractivity contribution in [2.24, 2.45) is 5.73 Å². The number of rotatable bonds is 3. The normalized spacial score (nSPS) is 19.8. The molecule has 0 radical (unpaired) electrons. The number of hydrogen-bond donors (Lipinski definition) is 2. The van der Waals surface area contributed by atoms with Crippen LogP contribution in [0.4, 0.5) is 11.4 Å². The lowest BCUT2D eigenvalue weighted by molar-refractivity contribution is 0.0890. The van der Waals surface area contributed by atoms with Crippen molar-refractivity contribution in [1.29, 1.82) is 0 Å². The van der Waals surface area contributed by atoms with Crippen LogP contribution < -0.4 is 16.4 Å². The highest BCUT2D eigenvalue weighted by atomic mass is 16.5. The number of benzene rings is 1. The Hall–Kier alpha value is -1.75. The number of primary amides is 1. The van der Waals surface area contributed by atoms with Gasteiger partial charge in [0.15, 0.2) is 0 Å². The Morgan fingerprint density at radius 2 is 2.28 bits per heavy atom. The van der Waals surface area contributed by atoms with Gasteiger partial charge in [-0.3, -0.25) is 4.79 Å². The molecule has 1 fully saturated rings. The maximum absolute atomic E-state index is 11.5. The summed E-state index contributed by atoms with van der Waals surface area (Å²) in [5.41, 5.74) is 13.2. The highest BCUT2D eigenvalue weighted by Crippen LogP contribution is 2.27. The fourth-order valence-corrected chi connectivity index (χ4v) is 2.37. The molecule has 1 aliphatic heterocycles. The third-order valence-corrected chi connectivity index (χ3v) is 3.34.